The lowest BCUT2D eigenvalue weighted by Crippen LogP contribution is -2.17. The number of rotatable bonds is 3. The molecule has 1 aliphatic heterocycles. The van der Waals surface area contributed by atoms with E-state index in [1.54, 1.807) is 23.9 Å². The number of nitrogens with one attached hydrogen (secondary N) is 1. The van der Waals surface area contributed by atoms with Crippen molar-refractivity contribution in [3.63, 3.8) is 0 Å². The monoisotopic (exact) mass is 406 g/mol. The zero-order valence-electron chi connectivity index (χ0n) is 17.2. The van der Waals surface area contributed by atoms with E-state index in [9.17, 15) is 9.18 Å². The van der Waals surface area contributed by atoms with Crippen molar-refractivity contribution in [3.8, 4) is 0 Å². The number of hydrogen-bond donors (Lipinski definition) is 1. The number of aromatic nitrogens is 4. The fourth-order valence-corrected chi connectivity index (χ4v) is 4.35. The second-order valence-corrected chi connectivity index (χ2v) is 8.00. The quantitative estimate of drug-likeness (QED) is 0.564. The summed E-state index contributed by atoms with van der Waals surface area (Å²) in [4.78, 5) is 19.8. The Kier molecular flexibility index (Phi) is 4.32. The van der Waals surface area contributed by atoms with E-state index in [1.807, 2.05) is 29.8 Å². The van der Waals surface area contributed by atoms with Gasteiger partial charge in [0.25, 0.3) is 5.91 Å². The van der Waals surface area contributed by atoms with E-state index >= 15 is 0 Å². The van der Waals surface area contributed by atoms with Gasteiger partial charge in [0, 0.05) is 24.8 Å². The lowest BCUT2D eigenvalue weighted by Gasteiger charge is -2.16. The fourth-order valence-electron chi connectivity index (χ4n) is 4.35. The number of carbonyl (C=O) groups is 1. The normalized spacial score (nSPS) is 17.3. The number of halogens is 1. The van der Waals surface area contributed by atoms with Crippen LogP contribution in [0.4, 0.5) is 10.1 Å². The Morgan fingerprint density at radius 2 is 2.07 bits per heavy atom. The molecule has 1 aliphatic rings. The van der Waals surface area contributed by atoms with Crippen molar-refractivity contribution in [1.29, 1.82) is 0 Å². The van der Waals surface area contributed by atoms with E-state index < -0.39 is 11.7 Å². The van der Waals surface area contributed by atoms with Crippen LogP contribution in [0.2, 0.25) is 0 Å². The third kappa shape index (κ3) is 3.04. The van der Waals surface area contributed by atoms with Crippen molar-refractivity contribution in [3.05, 3.63) is 59.4 Å². The Bertz CT molecular complexity index is 1290. The smallest absolute Gasteiger partial charge is 0.258 e. The number of carbonyl (C=O) groups excluding carboxylic acids is 1. The van der Waals surface area contributed by atoms with Crippen molar-refractivity contribution < 1.29 is 9.18 Å². The largest absolute Gasteiger partial charge is 0.321 e. The first-order valence-corrected chi connectivity index (χ1v) is 10.0. The predicted molar refractivity (Wildman–Crippen MR) is 113 cm³/mol. The number of imidazole rings is 1. The molecule has 154 valence electrons. The zero-order valence-corrected chi connectivity index (χ0v) is 17.2. The van der Waals surface area contributed by atoms with Crippen LogP contribution in [0.3, 0.4) is 0 Å². The molecule has 0 spiro atoms. The molecule has 0 bridgehead atoms. The number of nitrogens with zero attached hydrogens (tertiary/aromatic N) is 5. The van der Waals surface area contributed by atoms with Crippen molar-refractivity contribution in [2.45, 2.75) is 25.8 Å². The second-order valence-electron chi connectivity index (χ2n) is 8.00. The molecule has 0 saturated carbocycles. The van der Waals surface area contributed by atoms with Crippen molar-refractivity contribution >= 4 is 28.1 Å². The molecule has 3 aromatic heterocycles. The van der Waals surface area contributed by atoms with Gasteiger partial charge in [0.1, 0.15) is 11.5 Å². The maximum absolute atomic E-state index is 14.6. The first-order chi connectivity index (χ1) is 14.4. The highest BCUT2D eigenvalue weighted by atomic mass is 19.1. The highest BCUT2D eigenvalue weighted by molar-refractivity contribution is 6.06. The number of aryl methyl sites for hydroxylation is 2. The molecule has 1 N–H and O–H groups in total. The highest BCUT2D eigenvalue weighted by Gasteiger charge is 2.25. The SMILES string of the molecule is Cc1nn(C)c2cc(C(=O)Nc3ccc4nc([C@H]5CCCN5C)cn4c3)c(F)cc12. The molecular weight excluding hydrogens is 383 g/mol. The van der Waals surface area contributed by atoms with Gasteiger partial charge in [0.05, 0.1) is 34.2 Å². The summed E-state index contributed by atoms with van der Waals surface area (Å²) in [5, 5.41) is 7.80. The molecule has 1 atom stereocenters. The van der Waals surface area contributed by atoms with Gasteiger partial charge in [-0.2, -0.15) is 5.10 Å². The molecule has 0 unspecified atom stereocenters. The molecule has 5 rings (SSSR count). The van der Waals surface area contributed by atoms with Gasteiger partial charge in [-0.05, 0) is 57.6 Å². The first kappa shape index (κ1) is 18.7. The third-order valence-corrected chi connectivity index (χ3v) is 5.96. The van der Waals surface area contributed by atoms with E-state index in [0.717, 1.165) is 35.5 Å². The lowest BCUT2D eigenvalue weighted by atomic mass is 10.1. The first-order valence-electron chi connectivity index (χ1n) is 10.0. The van der Waals surface area contributed by atoms with Gasteiger partial charge in [0.2, 0.25) is 0 Å². The van der Waals surface area contributed by atoms with Crippen LogP contribution in [0.1, 0.15) is 40.6 Å². The minimum Gasteiger partial charge on any atom is -0.321 e. The van der Waals surface area contributed by atoms with Gasteiger partial charge in [0.15, 0.2) is 0 Å². The molecule has 1 fully saturated rings. The minimum absolute atomic E-state index is 0.00972. The third-order valence-electron chi connectivity index (χ3n) is 5.96. The van der Waals surface area contributed by atoms with E-state index in [4.69, 9.17) is 4.98 Å². The zero-order chi connectivity index (χ0) is 21.0. The van der Waals surface area contributed by atoms with Crippen molar-refractivity contribution in [2.75, 3.05) is 18.9 Å². The minimum atomic E-state index is -0.564. The number of likely N-dealkylation sites (tertiary alicyclic amines) is 1. The van der Waals surface area contributed by atoms with E-state index in [0.29, 0.717) is 17.1 Å². The molecule has 4 aromatic rings. The van der Waals surface area contributed by atoms with Gasteiger partial charge in [-0.25, -0.2) is 9.37 Å². The number of hydrogen-bond acceptors (Lipinski definition) is 4. The Hall–Kier alpha value is -3.26. The number of anilines is 1. The van der Waals surface area contributed by atoms with Gasteiger partial charge < -0.3 is 9.72 Å². The highest BCUT2D eigenvalue weighted by Crippen LogP contribution is 2.30. The lowest BCUT2D eigenvalue weighted by molar-refractivity contribution is 0.102. The predicted octanol–water partition coefficient (Wildman–Crippen LogP) is 3.69. The summed E-state index contributed by atoms with van der Waals surface area (Å²) in [7, 11) is 3.89. The number of amides is 1. The summed E-state index contributed by atoms with van der Waals surface area (Å²) in [6.07, 6.45) is 6.08. The van der Waals surface area contributed by atoms with Crippen molar-refractivity contribution in [2.24, 2.45) is 7.05 Å². The van der Waals surface area contributed by atoms with Crippen LogP contribution in [0.15, 0.2) is 36.7 Å². The second kappa shape index (κ2) is 6.91. The average molecular weight is 406 g/mol. The summed E-state index contributed by atoms with van der Waals surface area (Å²) in [5.74, 6) is -1.06. The fraction of sp³-hybridized carbons (Fsp3) is 0.318. The maximum atomic E-state index is 14.6. The van der Waals surface area contributed by atoms with Crippen molar-refractivity contribution in [1.82, 2.24) is 24.1 Å². The van der Waals surface area contributed by atoms with Crippen LogP contribution in [0.5, 0.6) is 0 Å². The molecule has 1 amide bonds. The van der Waals surface area contributed by atoms with E-state index in [2.05, 4.69) is 22.4 Å². The molecule has 4 heterocycles. The summed E-state index contributed by atoms with van der Waals surface area (Å²) in [6.45, 7) is 2.89. The Morgan fingerprint density at radius 1 is 1.23 bits per heavy atom. The van der Waals surface area contributed by atoms with Gasteiger partial charge >= 0.3 is 0 Å². The molecule has 1 aromatic carbocycles. The van der Waals surface area contributed by atoms with Crippen LogP contribution >= 0.6 is 0 Å². The summed E-state index contributed by atoms with van der Waals surface area (Å²) < 4.78 is 18.2. The summed E-state index contributed by atoms with van der Waals surface area (Å²) in [5.41, 5.74) is 3.87. The molecule has 0 radical (unpaired) electrons. The Balaban J connectivity index is 1.44. The van der Waals surface area contributed by atoms with Crippen LogP contribution in [0, 0.1) is 12.7 Å². The van der Waals surface area contributed by atoms with Crippen LogP contribution < -0.4 is 5.32 Å². The molecule has 30 heavy (non-hydrogen) atoms. The number of benzene rings is 1. The Labute approximate surface area is 173 Å². The van der Waals surface area contributed by atoms with Gasteiger partial charge in [-0.3, -0.25) is 14.4 Å². The van der Waals surface area contributed by atoms with Gasteiger partial charge in [-0.1, -0.05) is 0 Å². The van der Waals surface area contributed by atoms with E-state index in [-0.39, 0.29) is 5.56 Å². The molecule has 0 aliphatic carbocycles. The van der Waals surface area contributed by atoms with Gasteiger partial charge in [-0.15, -0.1) is 0 Å². The number of fused-ring (bicyclic) bond motifs is 2. The summed E-state index contributed by atoms with van der Waals surface area (Å²) >= 11 is 0. The van der Waals surface area contributed by atoms with Crippen LogP contribution in [0.25, 0.3) is 16.6 Å². The maximum Gasteiger partial charge on any atom is 0.258 e. The topological polar surface area (TPSA) is 67.5 Å². The molecule has 7 nitrogen and oxygen atoms in total. The van der Waals surface area contributed by atoms with Crippen LogP contribution in [-0.4, -0.2) is 43.6 Å². The standard InChI is InChI=1S/C22H23FN6O/c1-13-15-9-17(23)16(10-20(15)28(3)26-13)22(30)24-14-6-7-21-25-18(12-29(21)11-14)19-5-4-8-27(19)2/h6-7,9-12,19H,4-5,8H2,1-3H3,(H,24,30)/t19-/m1/s1. The molecule has 1 saturated heterocycles. The molecule has 8 heteroatoms. The average Bonchev–Trinajstić information content (AvgIpc) is 3.38. The van der Waals surface area contributed by atoms with E-state index in [1.165, 1.54) is 12.5 Å². The Morgan fingerprint density at radius 3 is 2.83 bits per heavy atom. The summed E-state index contributed by atoms with van der Waals surface area (Å²) in [6, 6.07) is 6.89. The van der Waals surface area contributed by atoms with Crippen LogP contribution in [-0.2, 0) is 7.05 Å². The molecular formula is C22H23FN6O. The number of pyridine rings is 1.